The molecule has 0 atom stereocenters. The summed E-state index contributed by atoms with van der Waals surface area (Å²) in [7, 11) is 1.49. The van der Waals surface area contributed by atoms with E-state index in [0.717, 1.165) is 0 Å². The molecule has 0 unspecified atom stereocenters. The highest BCUT2D eigenvalue weighted by atomic mass is 19.3. The Bertz CT molecular complexity index is 721. The molecule has 0 fully saturated rings. The first-order chi connectivity index (χ1) is 11.5. The van der Waals surface area contributed by atoms with Crippen molar-refractivity contribution < 1.29 is 23.1 Å². The van der Waals surface area contributed by atoms with Gasteiger partial charge >= 0.3 is 12.6 Å². The number of urea groups is 1. The molecule has 0 radical (unpaired) electrons. The van der Waals surface area contributed by atoms with E-state index in [4.69, 9.17) is 0 Å². The summed E-state index contributed by atoms with van der Waals surface area (Å²) >= 11 is 0. The second-order valence-electron chi connectivity index (χ2n) is 4.64. The number of alkyl halides is 2. The van der Waals surface area contributed by atoms with Crippen LogP contribution in [0.3, 0.4) is 0 Å². The normalized spacial score (nSPS) is 10.2. The van der Waals surface area contributed by atoms with Crippen molar-refractivity contribution in [2.24, 2.45) is 0 Å². The van der Waals surface area contributed by atoms with Gasteiger partial charge in [-0.05, 0) is 42.5 Å². The van der Waals surface area contributed by atoms with Gasteiger partial charge in [0.1, 0.15) is 5.75 Å². The molecular formula is C16H15F2N3O3. The van der Waals surface area contributed by atoms with Gasteiger partial charge in [-0.25, -0.2) is 4.79 Å². The molecule has 24 heavy (non-hydrogen) atoms. The van der Waals surface area contributed by atoms with Crippen LogP contribution < -0.4 is 20.7 Å². The van der Waals surface area contributed by atoms with E-state index < -0.39 is 12.5 Å². The van der Waals surface area contributed by atoms with E-state index in [0.29, 0.717) is 11.4 Å². The van der Waals surface area contributed by atoms with Gasteiger partial charge in [-0.2, -0.15) is 8.78 Å². The Labute approximate surface area is 136 Å². The standard InChI is InChI=1S/C16H15F2N3O3/c1-19-16(23)21-12-4-2-3-11(9-12)20-14(22)10-5-7-13(8-6-10)24-15(17)18/h2-9,15H,1H3,(H,20,22)(H2,19,21,23). The Kier molecular flexibility index (Phi) is 5.67. The van der Waals surface area contributed by atoms with Crippen LogP contribution in [0.2, 0.25) is 0 Å². The van der Waals surface area contributed by atoms with E-state index in [1.165, 1.54) is 31.3 Å². The third-order valence-corrected chi connectivity index (χ3v) is 2.95. The summed E-state index contributed by atoms with van der Waals surface area (Å²) in [5, 5.41) is 7.65. The fourth-order valence-electron chi connectivity index (χ4n) is 1.86. The molecule has 2 aromatic rings. The summed E-state index contributed by atoms with van der Waals surface area (Å²) in [6.07, 6.45) is 0. The monoisotopic (exact) mass is 335 g/mol. The predicted molar refractivity (Wildman–Crippen MR) is 85.5 cm³/mol. The van der Waals surface area contributed by atoms with Gasteiger partial charge in [0.15, 0.2) is 0 Å². The van der Waals surface area contributed by atoms with E-state index in [1.54, 1.807) is 24.3 Å². The first kappa shape index (κ1) is 17.2. The number of carbonyl (C=O) groups excluding carboxylic acids is 2. The van der Waals surface area contributed by atoms with Gasteiger partial charge in [0.2, 0.25) is 0 Å². The topological polar surface area (TPSA) is 79.5 Å². The van der Waals surface area contributed by atoms with Crippen LogP contribution >= 0.6 is 0 Å². The number of hydrogen-bond donors (Lipinski definition) is 3. The molecule has 0 saturated heterocycles. The van der Waals surface area contributed by atoms with Gasteiger partial charge < -0.3 is 20.7 Å². The van der Waals surface area contributed by atoms with Gasteiger partial charge in [-0.1, -0.05) is 6.07 Å². The van der Waals surface area contributed by atoms with Crippen LogP contribution in [0, 0.1) is 0 Å². The second kappa shape index (κ2) is 7.91. The van der Waals surface area contributed by atoms with Gasteiger partial charge in [-0.15, -0.1) is 0 Å². The summed E-state index contributed by atoms with van der Waals surface area (Å²) in [6.45, 7) is -2.92. The van der Waals surface area contributed by atoms with Crippen molar-refractivity contribution in [1.82, 2.24) is 5.32 Å². The van der Waals surface area contributed by atoms with Crippen molar-refractivity contribution in [2.75, 3.05) is 17.7 Å². The Hall–Kier alpha value is -3.16. The maximum absolute atomic E-state index is 12.1. The first-order valence-corrected chi connectivity index (χ1v) is 6.93. The lowest BCUT2D eigenvalue weighted by Gasteiger charge is -2.09. The molecule has 126 valence electrons. The van der Waals surface area contributed by atoms with Crippen LogP contribution in [0.15, 0.2) is 48.5 Å². The molecule has 8 heteroatoms. The summed E-state index contributed by atoms with van der Waals surface area (Å²) in [5.41, 5.74) is 1.26. The molecule has 0 aliphatic heterocycles. The Morgan fingerprint density at radius 1 is 1.00 bits per heavy atom. The SMILES string of the molecule is CNC(=O)Nc1cccc(NC(=O)c2ccc(OC(F)F)cc2)c1. The minimum atomic E-state index is -2.92. The zero-order valence-corrected chi connectivity index (χ0v) is 12.7. The maximum atomic E-state index is 12.1. The number of carbonyl (C=O) groups is 2. The highest BCUT2D eigenvalue weighted by Crippen LogP contribution is 2.18. The van der Waals surface area contributed by atoms with E-state index in [1.807, 2.05) is 0 Å². The summed E-state index contributed by atoms with van der Waals surface area (Å²) < 4.78 is 28.4. The first-order valence-electron chi connectivity index (χ1n) is 6.93. The lowest BCUT2D eigenvalue weighted by molar-refractivity contribution is -0.0498. The molecule has 0 aliphatic carbocycles. The van der Waals surface area contributed by atoms with Gasteiger partial charge in [0, 0.05) is 24.0 Å². The molecule has 0 saturated carbocycles. The van der Waals surface area contributed by atoms with Crippen LogP contribution in [-0.4, -0.2) is 25.6 Å². The zero-order valence-electron chi connectivity index (χ0n) is 12.7. The van der Waals surface area contributed by atoms with E-state index in [-0.39, 0.29) is 17.3 Å². The Balaban J connectivity index is 2.03. The van der Waals surface area contributed by atoms with E-state index >= 15 is 0 Å². The number of amides is 3. The number of halogens is 2. The molecule has 6 nitrogen and oxygen atoms in total. The third-order valence-electron chi connectivity index (χ3n) is 2.95. The van der Waals surface area contributed by atoms with Crippen molar-refractivity contribution in [2.45, 2.75) is 6.61 Å². The smallest absolute Gasteiger partial charge is 0.387 e. The number of ether oxygens (including phenoxy) is 1. The Morgan fingerprint density at radius 3 is 2.21 bits per heavy atom. The van der Waals surface area contributed by atoms with Crippen LogP contribution in [0.25, 0.3) is 0 Å². The van der Waals surface area contributed by atoms with Crippen molar-refractivity contribution >= 4 is 23.3 Å². The summed E-state index contributed by atoms with van der Waals surface area (Å²) in [4.78, 5) is 23.4. The molecule has 0 spiro atoms. The van der Waals surface area contributed by atoms with Crippen LogP contribution in [-0.2, 0) is 0 Å². The molecule has 0 heterocycles. The Morgan fingerprint density at radius 2 is 1.62 bits per heavy atom. The molecule has 3 amide bonds. The summed E-state index contributed by atoms with van der Waals surface area (Å²) in [6, 6.07) is 11.5. The predicted octanol–water partition coefficient (Wildman–Crippen LogP) is 3.29. The average molecular weight is 335 g/mol. The zero-order chi connectivity index (χ0) is 17.5. The highest BCUT2D eigenvalue weighted by Gasteiger charge is 2.09. The molecule has 0 aromatic heterocycles. The molecule has 0 aliphatic rings. The van der Waals surface area contributed by atoms with Crippen LogP contribution in [0.1, 0.15) is 10.4 Å². The lowest BCUT2D eigenvalue weighted by Crippen LogP contribution is -2.24. The largest absolute Gasteiger partial charge is 0.435 e. The van der Waals surface area contributed by atoms with Crippen LogP contribution in [0.4, 0.5) is 25.0 Å². The molecular weight excluding hydrogens is 320 g/mol. The second-order valence-corrected chi connectivity index (χ2v) is 4.64. The van der Waals surface area contributed by atoms with Crippen molar-refractivity contribution in [3.63, 3.8) is 0 Å². The minimum absolute atomic E-state index is 0.0293. The van der Waals surface area contributed by atoms with Crippen molar-refractivity contribution in [1.29, 1.82) is 0 Å². The number of rotatable bonds is 5. The highest BCUT2D eigenvalue weighted by molar-refractivity contribution is 6.04. The fraction of sp³-hybridized carbons (Fsp3) is 0.125. The number of hydrogen-bond acceptors (Lipinski definition) is 3. The number of nitrogens with one attached hydrogen (secondary N) is 3. The van der Waals surface area contributed by atoms with E-state index in [2.05, 4.69) is 20.7 Å². The molecule has 2 rings (SSSR count). The minimum Gasteiger partial charge on any atom is -0.435 e. The fourth-order valence-corrected chi connectivity index (χ4v) is 1.86. The average Bonchev–Trinajstić information content (AvgIpc) is 2.55. The van der Waals surface area contributed by atoms with Crippen molar-refractivity contribution in [3.05, 3.63) is 54.1 Å². The van der Waals surface area contributed by atoms with Crippen LogP contribution in [0.5, 0.6) is 5.75 Å². The van der Waals surface area contributed by atoms with Crippen molar-refractivity contribution in [3.8, 4) is 5.75 Å². The van der Waals surface area contributed by atoms with E-state index in [9.17, 15) is 18.4 Å². The molecule has 2 aromatic carbocycles. The molecule has 3 N–H and O–H groups in total. The number of anilines is 2. The lowest BCUT2D eigenvalue weighted by atomic mass is 10.2. The van der Waals surface area contributed by atoms with Gasteiger partial charge in [-0.3, -0.25) is 4.79 Å². The van der Waals surface area contributed by atoms with Gasteiger partial charge in [0.25, 0.3) is 5.91 Å². The maximum Gasteiger partial charge on any atom is 0.387 e. The quantitative estimate of drug-likeness (QED) is 0.784. The summed E-state index contributed by atoms with van der Waals surface area (Å²) in [5.74, 6) is -0.450. The third kappa shape index (κ3) is 4.94. The van der Waals surface area contributed by atoms with Gasteiger partial charge in [0.05, 0.1) is 0 Å². The molecule has 0 bridgehead atoms. The number of benzene rings is 2.